The van der Waals surface area contributed by atoms with Gasteiger partial charge >= 0.3 is 5.91 Å². The normalized spacial score (nSPS) is 22.3. The number of amides is 1. The number of benzene rings is 2. The van der Waals surface area contributed by atoms with Crippen molar-refractivity contribution in [3.63, 3.8) is 0 Å². The van der Waals surface area contributed by atoms with Crippen molar-refractivity contribution < 1.29 is 19.1 Å². The molecule has 1 unspecified atom stereocenters. The standard InChI is InChI=1S/C24H24N2O4/c27-23-18-12-21-22(30-11-10-29-21)13-20(18)26(24(23)28)14-25(16-8-9-16)19-7-3-5-15-4-1-2-6-17(15)19/h1-2,4,6,12-13,16,19H,3,5,7-11,14H2. The Bertz CT molecular complexity index is 1050. The Morgan fingerprint density at radius 1 is 1.00 bits per heavy atom. The number of nitrogens with zero attached hydrogens (tertiary/aromatic N) is 2. The Hall–Kier alpha value is -2.86. The zero-order chi connectivity index (χ0) is 20.2. The van der Waals surface area contributed by atoms with Gasteiger partial charge in [-0.05, 0) is 49.3 Å². The number of rotatable bonds is 4. The summed E-state index contributed by atoms with van der Waals surface area (Å²) in [6.07, 6.45) is 5.62. The third-order valence-corrected chi connectivity index (χ3v) is 6.69. The number of ether oxygens (including phenoxy) is 2. The lowest BCUT2D eigenvalue weighted by atomic mass is 9.87. The average Bonchev–Trinajstić information content (AvgIpc) is 3.60. The molecule has 1 saturated carbocycles. The van der Waals surface area contributed by atoms with Gasteiger partial charge in [-0.1, -0.05) is 24.3 Å². The summed E-state index contributed by atoms with van der Waals surface area (Å²) in [6, 6.07) is 12.9. The number of carbonyl (C=O) groups is 2. The van der Waals surface area contributed by atoms with Crippen LogP contribution in [0.4, 0.5) is 5.69 Å². The summed E-state index contributed by atoms with van der Waals surface area (Å²) in [4.78, 5) is 29.8. The highest BCUT2D eigenvalue weighted by atomic mass is 16.6. The van der Waals surface area contributed by atoms with Crippen LogP contribution in [0.1, 0.15) is 53.2 Å². The maximum Gasteiger partial charge on any atom is 0.300 e. The van der Waals surface area contributed by atoms with Crippen LogP contribution in [-0.4, -0.2) is 42.5 Å². The van der Waals surface area contributed by atoms with Crippen LogP contribution in [0.3, 0.4) is 0 Å². The van der Waals surface area contributed by atoms with E-state index < -0.39 is 11.7 Å². The van der Waals surface area contributed by atoms with Crippen LogP contribution in [0.15, 0.2) is 36.4 Å². The first-order valence-corrected chi connectivity index (χ1v) is 10.8. The summed E-state index contributed by atoms with van der Waals surface area (Å²) >= 11 is 0. The van der Waals surface area contributed by atoms with Crippen molar-refractivity contribution in [1.29, 1.82) is 0 Å². The molecule has 0 spiro atoms. The minimum absolute atomic E-state index is 0.284. The second-order valence-corrected chi connectivity index (χ2v) is 8.57. The number of hydrogen-bond donors (Lipinski definition) is 0. The molecule has 0 saturated heterocycles. The topological polar surface area (TPSA) is 59.1 Å². The van der Waals surface area contributed by atoms with Gasteiger partial charge in [-0.15, -0.1) is 0 Å². The fourth-order valence-electron chi connectivity index (χ4n) is 5.08. The van der Waals surface area contributed by atoms with E-state index in [1.165, 1.54) is 11.1 Å². The molecule has 0 aromatic heterocycles. The van der Waals surface area contributed by atoms with Crippen molar-refractivity contribution >= 4 is 17.4 Å². The maximum absolute atomic E-state index is 13.0. The first-order chi connectivity index (χ1) is 14.7. The molecule has 0 bridgehead atoms. The van der Waals surface area contributed by atoms with Gasteiger partial charge in [0.25, 0.3) is 5.78 Å². The highest BCUT2D eigenvalue weighted by Crippen LogP contribution is 2.44. The van der Waals surface area contributed by atoms with E-state index in [9.17, 15) is 9.59 Å². The van der Waals surface area contributed by atoms with Gasteiger partial charge in [-0.25, -0.2) is 0 Å². The molecule has 6 heteroatoms. The Labute approximate surface area is 175 Å². The molecule has 4 aliphatic rings. The van der Waals surface area contributed by atoms with Crippen LogP contribution in [0.5, 0.6) is 11.5 Å². The van der Waals surface area contributed by atoms with E-state index in [0.717, 1.165) is 32.1 Å². The molecule has 2 aromatic carbocycles. The van der Waals surface area contributed by atoms with Gasteiger partial charge in [0.1, 0.15) is 13.2 Å². The van der Waals surface area contributed by atoms with Crippen molar-refractivity contribution in [3.05, 3.63) is 53.1 Å². The smallest absolute Gasteiger partial charge is 0.300 e. The molecule has 154 valence electrons. The lowest BCUT2D eigenvalue weighted by Crippen LogP contribution is -2.44. The molecule has 6 nitrogen and oxygen atoms in total. The molecule has 2 aromatic rings. The van der Waals surface area contributed by atoms with Crippen LogP contribution < -0.4 is 14.4 Å². The van der Waals surface area contributed by atoms with E-state index in [-0.39, 0.29) is 6.04 Å². The van der Waals surface area contributed by atoms with Gasteiger partial charge in [-0.2, -0.15) is 0 Å². The first-order valence-electron chi connectivity index (χ1n) is 10.8. The van der Waals surface area contributed by atoms with E-state index >= 15 is 0 Å². The third kappa shape index (κ3) is 2.82. The number of ketones is 1. The molecule has 1 fully saturated rings. The van der Waals surface area contributed by atoms with Gasteiger partial charge in [0, 0.05) is 18.2 Å². The van der Waals surface area contributed by atoms with Crippen LogP contribution in [0, 0.1) is 0 Å². The van der Waals surface area contributed by atoms with Crippen molar-refractivity contribution in [2.45, 2.75) is 44.2 Å². The van der Waals surface area contributed by atoms with E-state index in [2.05, 4.69) is 29.2 Å². The van der Waals surface area contributed by atoms with E-state index in [4.69, 9.17) is 9.47 Å². The van der Waals surface area contributed by atoms with E-state index in [1.807, 2.05) is 0 Å². The minimum atomic E-state index is -0.457. The van der Waals surface area contributed by atoms with Crippen LogP contribution in [-0.2, 0) is 11.2 Å². The van der Waals surface area contributed by atoms with Gasteiger partial charge < -0.3 is 9.47 Å². The van der Waals surface area contributed by atoms with Gasteiger partial charge in [0.15, 0.2) is 11.5 Å². The second kappa shape index (κ2) is 6.84. The van der Waals surface area contributed by atoms with Crippen molar-refractivity contribution in [1.82, 2.24) is 4.90 Å². The van der Waals surface area contributed by atoms with Crippen LogP contribution in [0.2, 0.25) is 0 Å². The third-order valence-electron chi connectivity index (χ3n) is 6.69. The summed E-state index contributed by atoms with van der Waals surface area (Å²) in [5.41, 5.74) is 3.84. The fourth-order valence-corrected chi connectivity index (χ4v) is 5.08. The summed E-state index contributed by atoms with van der Waals surface area (Å²) in [5.74, 6) is 0.237. The van der Waals surface area contributed by atoms with E-state index in [1.54, 1.807) is 17.0 Å². The largest absolute Gasteiger partial charge is 0.486 e. The van der Waals surface area contributed by atoms with Crippen molar-refractivity contribution in [3.8, 4) is 11.5 Å². The predicted molar refractivity (Wildman–Crippen MR) is 111 cm³/mol. The number of fused-ring (bicyclic) bond motifs is 3. The number of aryl methyl sites for hydroxylation is 1. The fraction of sp³-hybridized carbons (Fsp3) is 0.417. The molecule has 0 N–H and O–H groups in total. The summed E-state index contributed by atoms with van der Waals surface area (Å²) in [6.45, 7) is 1.36. The summed E-state index contributed by atoms with van der Waals surface area (Å²) in [7, 11) is 0. The Morgan fingerprint density at radius 2 is 1.77 bits per heavy atom. The van der Waals surface area contributed by atoms with Gasteiger partial charge in [0.05, 0.1) is 17.9 Å². The average molecular weight is 404 g/mol. The molecule has 6 rings (SSSR count). The van der Waals surface area contributed by atoms with Gasteiger partial charge in [0.2, 0.25) is 0 Å². The highest BCUT2D eigenvalue weighted by Gasteiger charge is 2.43. The predicted octanol–water partition coefficient (Wildman–Crippen LogP) is 3.49. The second-order valence-electron chi connectivity index (χ2n) is 8.57. The van der Waals surface area contributed by atoms with E-state index in [0.29, 0.717) is 48.7 Å². The molecule has 30 heavy (non-hydrogen) atoms. The highest BCUT2D eigenvalue weighted by molar-refractivity contribution is 6.52. The zero-order valence-corrected chi connectivity index (χ0v) is 16.8. The Kier molecular flexibility index (Phi) is 4.09. The van der Waals surface area contributed by atoms with Crippen molar-refractivity contribution in [2.75, 3.05) is 24.8 Å². The molecule has 1 amide bonds. The summed E-state index contributed by atoms with van der Waals surface area (Å²) in [5, 5.41) is 0. The monoisotopic (exact) mass is 404 g/mol. The number of hydrogen-bond acceptors (Lipinski definition) is 5. The molecule has 2 aliphatic carbocycles. The maximum atomic E-state index is 13.0. The van der Waals surface area contributed by atoms with Gasteiger partial charge in [-0.3, -0.25) is 19.4 Å². The van der Waals surface area contributed by atoms with Crippen molar-refractivity contribution in [2.24, 2.45) is 0 Å². The minimum Gasteiger partial charge on any atom is -0.486 e. The number of carbonyl (C=O) groups excluding carboxylic acids is 2. The number of Topliss-reactive ketones (excluding diaryl/α,β-unsaturated/α-hetero) is 1. The molecular formula is C24H24N2O4. The Balaban J connectivity index is 1.36. The quantitative estimate of drug-likeness (QED) is 0.730. The first kappa shape index (κ1) is 18.0. The SMILES string of the molecule is O=C1C(=O)N(CN(C2CC2)C2CCCc3ccccc32)c2cc3c(cc21)OCCO3. The molecular weight excluding hydrogens is 380 g/mol. The lowest BCUT2D eigenvalue weighted by Gasteiger charge is -2.38. The Morgan fingerprint density at radius 3 is 2.57 bits per heavy atom. The zero-order valence-electron chi connectivity index (χ0n) is 16.8. The van der Waals surface area contributed by atoms with Crippen LogP contribution >= 0.6 is 0 Å². The molecule has 2 heterocycles. The molecule has 1 atom stereocenters. The summed E-state index contributed by atoms with van der Waals surface area (Å²) < 4.78 is 11.3. The van der Waals surface area contributed by atoms with Crippen LogP contribution in [0.25, 0.3) is 0 Å². The molecule has 0 radical (unpaired) electrons. The molecule has 2 aliphatic heterocycles. The lowest BCUT2D eigenvalue weighted by molar-refractivity contribution is -0.114. The number of anilines is 1.